The number of benzene rings is 1. The third-order valence-corrected chi connectivity index (χ3v) is 3.05. The standard InChI is InChI=1S/C8H6NSe/c1-6-3-2-4-7-8(6)9-5-10-7/h2-4H,1H3. The minimum absolute atomic E-state index is 0.376. The van der Waals surface area contributed by atoms with Crippen LogP contribution < -0.4 is 0 Å². The molecule has 0 aliphatic rings. The number of para-hydroxylation sites is 1. The summed E-state index contributed by atoms with van der Waals surface area (Å²) in [7, 11) is 0. The number of aryl methyl sites for hydroxylation is 1. The maximum absolute atomic E-state index is 4.18. The average molecular weight is 195 g/mol. The molecule has 1 aromatic carbocycles. The van der Waals surface area contributed by atoms with Crippen LogP contribution in [-0.4, -0.2) is 19.5 Å². The van der Waals surface area contributed by atoms with Crippen molar-refractivity contribution in [3.63, 3.8) is 0 Å². The Morgan fingerprint density at radius 2 is 2.40 bits per heavy atom. The van der Waals surface area contributed by atoms with Gasteiger partial charge in [-0.1, -0.05) is 0 Å². The van der Waals surface area contributed by atoms with E-state index in [1.807, 2.05) is 0 Å². The van der Waals surface area contributed by atoms with Crippen LogP contribution in [-0.2, 0) is 0 Å². The Balaban J connectivity index is 2.95. The van der Waals surface area contributed by atoms with Crippen molar-refractivity contribution in [1.82, 2.24) is 4.98 Å². The van der Waals surface area contributed by atoms with Gasteiger partial charge in [0.25, 0.3) is 0 Å². The van der Waals surface area contributed by atoms with E-state index in [9.17, 15) is 0 Å². The van der Waals surface area contributed by atoms with Crippen molar-refractivity contribution in [2.75, 3.05) is 0 Å². The first kappa shape index (κ1) is 6.14. The molecule has 0 spiro atoms. The van der Waals surface area contributed by atoms with Gasteiger partial charge in [-0.25, -0.2) is 0 Å². The second kappa shape index (κ2) is 2.22. The molecule has 0 unspecified atom stereocenters. The van der Waals surface area contributed by atoms with E-state index in [1.54, 1.807) is 0 Å². The van der Waals surface area contributed by atoms with E-state index in [2.05, 4.69) is 35.2 Å². The van der Waals surface area contributed by atoms with Crippen molar-refractivity contribution in [2.24, 2.45) is 0 Å². The number of hydrogen-bond donors (Lipinski definition) is 0. The Kier molecular flexibility index (Phi) is 1.37. The molecule has 1 heterocycles. The summed E-state index contributed by atoms with van der Waals surface area (Å²) in [4.78, 5) is 4.18. The average Bonchev–Trinajstić information content (AvgIpc) is 2.36. The van der Waals surface area contributed by atoms with Crippen LogP contribution in [0.15, 0.2) is 18.2 Å². The van der Waals surface area contributed by atoms with E-state index >= 15 is 0 Å². The first-order chi connectivity index (χ1) is 4.88. The number of nitrogens with zero attached hydrogens (tertiary/aromatic N) is 1. The summed E-state index contributed by atoms with van der Waals surface area (Å²) >= 11 is 0.376. The quantitative estimate of drug-likeness (QED) is 0.579. The SMILES string of the molecule is Cc1cccc2[se][c]nc12. The van der Waals surface area contributed by atoms with Crippen LogP contribution in [0.3, 0.4) is 0 Å². The van der Waals surface area contributed by atoms with E-state index < -0.39 is 0 Å². The van der Waals surface area contributed by atoms with Gasteiger partial charge in [0.15, 0.2) is 0 Å². The van der Waals surface area contributed by atoms with E-state index in [0.717, 1.165) is 5.52 Å². The van der Waals surface area contributed by atoms with Crippen LogP contribution in [0.4, 0.5) is 0 Å². The summed E-state index contributed by atoms with van der Waals surface area (Å²) in [6, 6.07) is 6.30. The van der Waals surface area contributed by atoms with Crippen molar-refractivity contribution in [3.05, 3.63) is 28.8 Å². The number of aromatic nitrogens is 1. The number of hydrogen-bond acceptors (Lipinski definition) is 1. The topological polar surface area (TPSA) is 12.9 Å². The van der Waals surface area contributed by atoms with Crippen molar-refractivity contribution < 1.29 is 0 Å². The van der Waals surface area contributed by atoms with Crippen LogP contribution in [0.25, 0.3) is 9.78 Å². The van der Waals surface area contributed by atoms with Crippen LogP contribution in [0.2, 0.25) is 0 Å². The molecule has 2 heteroatoms. The predicted molar refractivity (Wildman–Crippen MR) is 42.3 cm³/mol. The van der Waals surface area contributed by atoms with Gasteiger partial charge in [0.05, 0.1) is 0 Å². The third kappa shape index (κ3) is 0.808. The molecule has 49 valence electrons. The Labute approximate surface area is 65.5 Å². The van der Waals surface area contributed by atoms with Gasteiger partial charge >= 0.3 is 65.0 Å². The van der Waals surface area contributed by atoms with Gasteiger partial charge in [-0.3, -0.25) is 0 Å². The van der Waals surface area contributed by atoms with Crippen molar-refractivity contribution in [1.29, 1.82) is 0 Å². The van der Waals surface area contributed by atoms with Gasteiger partial charge in [-0.15, -0.1) is 0 Å². The fraction of sp³-hybridized carbons (Fsp3) is 0.125. The monoisotopic (exact) mass is 196 g/mol. The molecule has 2 rings (SSSR count). The van der Waals surface area contributed by atoms with Crippen LogP contribution in [0, 0.1) is 12.0 Å². The summed E-state index contributed by atoms with van der Waals surface area (Å²) < 4.78 is 1.37. The molecule has 10 heavy (non-hydrogen) atoms. The van der Waals surface area contributed by atoms with Gasteiger partial charge in [0, 0.05) is 0 Å². The summed E-state index contributed by atoms with van der Waals surface area (Å²) in [6.45, 7) is 2.09. The normalized spacial score (nSPS) is 10.5. The zero-order valence-electron chi connectivity index (χ0n) is 5.59. The van der Waals surface area contributed by atoms with E-state index in [-0.39, 0.29) is 0 Å². The first-order valence-electron chi connectivity index (χ1n) is 3.10. The van der Waals surface area contributed by atoms with Crippen LogP contribution in [0.1, 0.15) is 5.56 Å². The first-order valence-corrected chi connectivity index (χ1v) is 4.81. The molecule has 2 aromatic rings. The van der Waals surface area contributed by atoms with Crippen molar-refractivity contribution in [3.8, 4) is 0 Å². The summed E-state index contributed by atoms with van der Waals surface area (Å²) in [5.41, 5.74) is 2.42. The molecule has 0 saturated carbocycles. The Morgan fingerprint density at radius 3 is 3.20 bits per heavy atom. The number of fused-ring (bicyclic) bond motifs is 1. The van der Waals surface area contributed by atoms with E-state index in [0.29, 0.717) is 14.5 Å². The molecule has 0 aliphatic heterocycles. The molecular weight excluding hydrogens is 189 g/mol. The predicted octanol–water partition coefficient (Wildman–Crippen LogP) is 1.40. The molecule has 0 fully saturated rings. The molecule has 0 aliphatic carbocycles. The van der Waals surface area contributed by atoms with Gasteiger partial charge in [0.2, 0.25) is 0 Å². The Hall–Kier alpha value is -0.591. The molecule has 1 aromatic heterocycles. The zero-order chi connectivity index (χ0) is 6.97. The molecule has 1 nitrogen and oxygen atoms in total. The molecule has 0 amide bonds. The zero-order valence-corrected chi connectivity index (χ0v) is 7.30. The fourth-order valence-electron chi connectivity index (χ4n) is 0.975. The molecular formula is C8H6NSe. The molecule has 1 radical (unpaired) electrons. The van der Waals surface area contributed by atoms with Crippen LogP contribution in [0.5, 0.6) is 0 Å². The second-order valence-corrected chi connectivity index (χ2v) is 3.96. The Morgan fingerprint density at radius 1 is 1.50 bits per heavy atom. The summed E-state index contributed by atoms with van der Waals surface area (Å²) in [5, 5.41) is 3.02. The summed E-state index contributed by atoms with van der Waals surface area (Å²) in [6.07, 6.45) is 0. The van der Waals surface area contributed by atoms with Gasteiger partial charge in [0.1, 0.15) is 0 Å². The molecule has 0 atom stereocenters. The molecule has 0 bridgehead atoms. The molecule has 0 N–H and O–H groups in total. The van der Waals surface area contributed by atoms with Crippen molar-refractivity contribution >= 4 is 24.3 Å². The fourth-order valence-corrected chi connectivity index (χ4v) is 2.41. The summed E-state index contributed by atoms with van der Waals surface area (Å²) in [5.74, 6) is 0. The minimum atomic E-state index is 0.376. The number of rotatable bonds is 0. The molecule has 0 saturated heterocycles. The second-order valence-electron chi connectivity index (χ2n) is 2.23. The maximum atomic E-state index is 4.18. The third-order valence-electron chi connectivity index (χ3n) is 1.51. The van der Waals surface area contributed by atoms with E-state index in [4.69, 9.17) is 0 Å². The van der Waals surface area contributed by atoms with E-state index in [1.165, 1.54) is 9.82 Å². The van der Waals surface area contributed by atoms with Crippen molar-refractivity contribution in [2.45, 2.75) is 6.92 Å². The van der Waals surface area contributed by atoms with Gasteiger partial charge in [-0.2, -0.15) is 0 Å². The van der Waals surface area contributed by atoms with Gasteiger partial charge in [-0.05, 0) is 0 Å². The van der Waals surface area contributed by atoms with Crippen LogP contribution >= 0.6 is 0 Å². The Bertz CT molecular complexity index is 351. The van der Waals surface area contributed by atoms with Gasteiger partial charge < -0.3 is 0 Å².